The Morgan fingerprint density at radius 2 is 1.85 bits per heavy atom. The van der Waals surface area contributed by atoms with E-state index in [0.29, 0.717) is 11.7 Å². The van der Waals surface area contributed by atoms with E-state index >= 15 is 0 Å². The number of aryl methyl sites for hydroxylation is 3. The van der Waals surface area contributed by atoms with E-state index in [4.69, 9.17) is 9.97 Å². The van der Waals surface area contributed by atoms with Gasteiger partial charge in [-0.3, -0.25) is 4.79 Å². The highest BCUT2D eigenvalue weighted by atomic mass is 32.2. The lowest BCUT2D eigenvalue weighted by Gasteiger charge is -2.15. The Kier molecular flexibility index (Phi) is 5.30. The number of aromatic amines is 1. The van der Waals surface area contributed by atoms with Gasteiger partial charge in [0.25, 0.3) is 5.56 Å². The molecule has 3 rings (SSSR count). The molecule has 0 aliphatic rings. The predicted octanol–water partition coefficient (Wildman–Crippen LogP) is 4.92. The molecule has 0 saturated carbocycles. The van der Waals surface area contributed by atoms with Crippen LogP contribution in [0.1, 0.15) is 53.7 Å². The quantitative estimate of drug-likeness (QED) is 0.628. The van der Waals surface area contributed by atoms with Gasteiger partial charge in [0.05, 0.1) is 16.3 Å². The fraction of sp³-hybridized carbons (Fsp3) is 0.526. The molecule has 26 heavy (non-hydrogen) atoms. The zero-order valence-electron chi connectivity index (χ0n) is 16.4. The molecule has 140 valence electrons. The minimum Gasteiger partial charge on any atom is -0.323 e. The maximum atomic E-state index is 12.5. The summed E-state index contributed by atoms with van der Waals surface area (Å²) in [5.41, 5.74) is 3.25. The van der Waals surface area contributed by atoms with E-state index in [-0.39, 0.29) is 10.8 Å². The van der Waals surface area contributed by atoms with Gasteiger partial charge in [0.15, 0.2) is 5.16 Å². The lowest BCUT2D eigenvalue weighted by atomic mass is 10.2. The van der Waals surface area contributed by atoms with Crippen molar-refractivity contribution in [3.63, 3.8) is 0 Å². The molecule has 0 fully saturated rings. The Balaban J connectivity index is 1.96. The molecule has 0 aliphatic heterocycles. The summed E-state index contributed by atoms with van der Waals surface area (Å²) in [4.78, 5) is 27.0. The number of imidazole rings is 1. The van der Waals surface area contributed by atoms with Crippen LogP contribution in [0.4, 0.5) is 0 Å². The van der Waals surface area contributed by atoms with Gasteiger partial charge in [0, 0.05) is 17.1 Å². The minimum absolute atomic E-state index is 0.0157. The first-order valence-electron chi connectivity index (χ1n) is 8.89. The van der Waals surface area contributed by atoms with Crippen molar-refractivity contribution in [3.05, 3.63) is 38.0 Å². The van der Waals surface area contributed by atoms with Crippen LogP contribution >= 0.6 is 23.1 Å². The Labute approximate surface area is 162 Å². The number of nitrogens with zero attached hydrogens (tertiary/aromatic N) is 3. The molecule has 1 atom stereocenters. The summed E-state index contributed by atoms with van der Waals surface area (Å²) >= 11 is 3.24. The molecule has 1 N–H and O–H groups in total. The third kappa shape index (κ3) is 3.47. The smallest absolute Gasteiger partial charge is 0.259 e. The Bertz CT molecular complexity index is 1010. The lowest BCUT2D eigenvalue weighted by Crippen LogP contribution is -2.13. The molecular weight excluding hydrogens is 364 g/mol. The first kappa shape index (κ1) is 19.2. The van der Waals surface area contributed by atoms with Gasteiger partial charge in [-0.15, -0.1) is 11.3 Å². The molecule has 5 nitrogen and oxygen atoms in total. The van der Waals surface area contributed by atoms with Crippen LogP contribution in [0.2, 0.25) is 0 Å². The standard InChI is InChI=1S/C19H26N4OS2/c1-9(2)8-23-12(5)11(4)20-19(23)26-14(7)16-21-17(24)15-10(3)13(6)25-18(15)22-16/h9,14H,8H2,1-7H3,(H,21,22,24)/t14-/m1/s1. The number of thiophene rings is 1. The maximum Gasteiger partial charge on any atom is 0.259 e. The average molecular weight is 391 g/mol. The monoisotopic (exact) mass is 390 g/mol. The van der Waals surface area contributed by atoms with E-state index in [1.54, 1.807) is 23.1 Å². The van der Waals surface area contributed by atoms with Crippen molar-refractivity contribution in [3.8, 4) is 0 Å². The summed E-state index contributed by atoms with van der Waals surface area (Å²) in [5.74, 6) is 1.26. The van der Waals surface area contributed by atoms with Crippen molar-refractivity contribution in [1.82, 2.24) is 19.5 Å². The highest BCUT2D eigenvalue weighted by molar-refractivity contribution is 7.99. The lowest BCUT2D eigenvalue weighted by molar-refractivity contribution is 0.486. The van der Waals surface area contributed by atoms with E-state index < -0.39 is 0 Å². The first-order chi connectivity index (χ1) is 12.2. The van der Waals surface area contributed by atoms with Gasteiger partial charge in [0.2, 0.25) is 0 Å². The molecule has 3 aromatic rings. The molecule has 0 radical (unpaired) electrons. The number of hydrogen-bond acceptors (Lipinski definition) is 5. The van der Waals surface area contributed by atoms with E-state index in [2.05, 4.69) is 37.2 Å². The van der Waals surface area contributed by atoms with Crippen molar-refractivity contribution in [2.24, 2.45) is 5.92 Å². The van der Waals surface area contributed by atoms with Crippen LogP contribution in [0.15, 0.2) is 9.95 Å². The molecule has 0 amide bonds. The summed E-state index contributed by atoms with van der Waals surface area (Å²) in [5, 5.41) is 1.73. The number of hydrogen-bond donors (Lipinski definition) is 1. The fourth-order valence-electron chi connectivity index (χ4n) is 2.97. The molecule has 0 bridgehead atoms. The summed E-state index contributed by atoms with van der Waals surface area (Å²) in [6.07, 6.45) is 0. The molecule has 3 aromatic heterocycles. The largest absolute Gasteiger partial charge is 0.323 e. The topological polar surface area (TPSA) is 63.6 Å². The molecule has 0 saturated heterocycles. The van der Waals surface area contributed by atoms with Crippen molar-refractivity contribution in [1.29, 1.82) is 0 Å². The Morgan fingerprint density at radius 1 is 1.15 bits per heavy atom. The number of fused-ring (bicyclic) bond motifs is 1. The van der Waals surface area contributed by atoms with E-state index in [1.807, 2.05) is 20.8 Å². The zero-order chi connectivity index (χ0) is 19.2. The second-order valence-corrected chi connectivity index (χ2v) is 9.76. The maximum absolute atomic E-state index is 12.5. The SMILES string of the molecule is Cc1nc(S[C@H](C)c2nc3sc(C)c(C)c3c(=O)[nH]2)n(CC(C)C)c1C. The highest BCUT2D eigenvalue weighted by Crippen LogP contribution is 2.35. The van der Waals surface area contributed by atoms with Crippen molar-refractivity contribution in [2.45, 2.75) is 65.4 Å². The van der Waals surface area contributed by atoms with Gasteiger partial charge < -0.3 is 9.55 Å². The Hall–Kier alpha value is -1.60. The summed E-state index contributed by atoms with van der Waals surface area (Å²) < 4.78 is 2.28. The number of rotatable bonds is 5. The van der Waals surface area contributed by atoms with Crippen LogP contribution in [0, 0.1) is 33.6 Å². The number of nitrogens with one attached hydrogen (secondary N) is 1. The molecule has 0 unspecified atom stereocenters. The van der Waals surface area contributed by atoms with Gasteiger partial charge in [-0.2, -0.15) is 0 Å². The summed E-state index contributed by atoms with van der Waals surface area (Å²) in [6, 6.07) is 0. The van der Waals surface area contributed by atoms with Crippen LogP contribution in [0.5, 0.6) is 0 Å². The van der Waals surface area contributed by atoms with E-state index in [9.17, 15) is 4.79 Å². The fourth-order valence-corrected chi connectivity index (χ4v) is 5.08. The number of thioether (sulfide) groups is 1. The Morgan fingerprint density at radius 3 is 2.50 bits per heavy atom. The normalized spacial score (nSPS) is 13.1. The highest BCUT2D eigenvalue weighted by Gasteiger charge is 2.20. The second kappa shape index (κ2) is 7.19. The molecule has 3 heterocycles. The van der Waals surface area contributed by atoms with Gasteiger partial charge in [-0.25, -0.2) is 9.97 Å². The van der Waals surface area contributed by atoms with E-state index in [1.165, 1.54) is 5.69 Å². The van der Waals surface area contributed by atoms with Crippen LogP contribution < -0.4 is 5.56 Å². The second-order valence-electron chi connectivity index (χ2n) is 7.24. The number of H-pyrrole nitrogens is 1. The van der Waals surface area contributed by atoms with E-state index in [0.717, 1.165) is 38.1 Å². The minimum atomic E-state index is -0.0443. The van der Waals surface area contributed by atoms with Crippen molar-refractivity contribution >= 4 is 33.3 Å². The number of aromatic nitrogens is 4. The average Bonchev–Trinajstić information content (AvgIpc) is 2.98. The zero-order valence-corrected chi connectivity index (χ0v) is 18.1. The van der Waals surface area contributed by atoms with Gasteiger partial charge in [-0.05, 0) is 46.1 Å². The molecule has 0 aromatic carbocycles. The first-order valence-corrected chi connectivity index (χ1v) is 10.6. The van der Waals surface area contributed by atoms with Crippen LogP contribution in [-0.2, 0) is 6.54 Å². The molecule has 0 aliphatic carbocycles. The molecule has 0 spiro atoms. The van der Waals surface area contributed by atoms with Crippen molar-refractivity contribution < 1.29 is 0 Å². The van der Waals surface area contributed by atoms with Crippen LogP contribution in [0.3, 0.4) is 0 Å². The van der Waals surface area contributed by atoms with Crippen molar-refractivity contribution in [2.75, 3.05) is 0 Å². The van der Waals surface area contributed by atoms with Crippen LogP contribution in [0.25, 0.3) is 10.2 Å². The molecular formula is C19H26N4OS2. The van der Waals surface area contributed by atoms with Crippen LogP contribution in [-0.4, -0.2) is 19.5 Å². The van der Waals surface area contributed by atoms with Gasteiger partial charge in [0.1, 0.15) is 10.7 Å². The predicted molar refractivity (Wildman–Crippen MR) is 111 cm³/mol. The molecule has 7 heteroatoms. The third-order valence-corrected chi connectivity index (χ3v) is 6.90. The van der Waals surface area contributed by atoms with Gasteiger partial charge >= 0.3 is 0 Å². The summed E-state index contributed by atoms with van der Waals surface area (Å²) in [6.45, 7) is 15.6. The summed E-state index contributed by atoms with van der Waals surface area (Å²) in [7, 11) is 0. The van der Waals surface area contributed by atoms with Gasteiger partial charge in [-0.1, -0.05) is 25.6 Å². The third-order valence-electron chi connectivity index (χ3n) is 4.70.